The average Bonchev–Trinajstić information content (AvgIpc) is 2.34. The number of hydrogen-bond donors (Lipinski definition) is 2. The molecule has 0 radical (unpaired) electrons. The fourth-order valence-corrected chi connectivity index (χ4v) is 2.20. The maximum atomic E-state index is 9.83. The maximum Gasteiger partial charge on any atom is 0.122 e. The Bertz CT molecular complexity index is 327. The minimum absolute atomic E-state index is 0.239. The highest BCUT2D eigenvalue weighted by molar-refractivity contribution is 5.45. The van der Waals surface area contributed by atoms with E-state index in [1.54, 1.807) is 0 Å². The molecular formula is C16H26O2. The zero-order valence-electron chi connectivity index (χ0n) is 11.7. The first-order valence-corrected chi connectivity index (χ1v) is 7.22. The highest BCUT2D eigenvalue weighted by atomic mass is 16.3. The lowest BCUT2D eigenvalue weighted by atomic mass is 9.99. The molecule has 1 aromatic rings. The molecule has 0 amide bonds. The first kappa shape index (κ1) is 14.9. The van der Waals surface area contributed by atoms with Gasteiger partial charge in [0.15, 0.2) is 0 Å². The summed E-state index contributed by atoms with van der Waals surface area (Å²) in [5, 5.41) is 19.7. The monoisotopic (exact) mass is 250 g/mol. The Morgan fingerprint density at radius 2 is 1.17 bits per heavy atom. The van der Waals surface area contributed by atoms with Gasteiger partial charge in [0, 0.05) is 6.07 Å². The van der Waals surface area contributed by atoms with Gasteiger partial charge in [0.25, 0.3) is 0 Å². The highest BCUT2D eigenvalue weighted by Crippen LogP contribution is 2.29. The number of unbranched alkanes of at least 4 members (excludes halogenated alkanes) is 4. The summed E-state index contributed by atoms with van der Waals surface area (Å²) >= 11 is 0. The van der Waals surface area contributed by atoms with Crippen molar-refractivity contribution in [3.63, 3.8) is 0 Å². The number of hydrogen-bond acceptors (Lipinski definition) is 2. The molecule has 0 unspecified atom stereocenters. The second-order valence-corrected chi connectivity index (χ2v) is 5.02. The second-order valence-electron chi connectivity index (χ2n) is 5.02. The van der Waals surface area contributed by atoms with E-state index in [1.807, 2.05) is 6.07 Å². The van der Waals surface area contributed by atoms with Gasteiger partial charge >= 0.3 is 0 Å². The van der Waals surface area contributed by atoms with Gasteiger partial charge in [-0.15, -0.1) is 0 Å². The van der Waals surface area contributed by atoms with Crippen molar-refractivity contribution in [3.05, 3.63) is 23.3 Å². The average molecular weight is 250 g/mol. The lowest BCUT2D eigenvalue weighted by molar-refractivity contribution is 0.440. The van der Waals surface area contributed by atoms with Crippen LogP contribution in [0.5, 0.6) is 11.5 Å². The molecule has 0 atom stereocenters. The second kappa shape index (κ2) is 8.02. The van der Waals surface area contributed by atoms with Crippen LogP contribution < -0.4 is 0 Å². The summed E-state index contributed by atoms with van der Waals surface area (Å²) in [6, 6.07) is 3.48. The smallest absolute Gasteiger partial charge is 0.122 e. The minimum Gasteiger partial charge on any atom is -0.508 e. The fraction of sp³-hybridized carbons (Fsp3) is 0.625. The number of benzene rings is 1. The van der Waals surface area contributed by atoms with E-state index in [4.69, 9.17) is 0 Å². The van der Waals surface area contributed by atoms with E-state index >= 15 is 0 Å². The van der Waals surface area contributed by atoms with Crippen molar-refractivity contribution in [2.75, 3.05) is 0 Å². The van der Waals surface area contributed by atoms with Gasteiger partial charge in [-0.1, -0.05) is 39.5 Å². The van der Waals surface area contributed by atoms with Crippen LogP contribution >= 0.6 is 0 Å². The number of phenols is 2. The summed E-state index contributed by atoms with van der Waals surface area (Å²) in [5.74, 6) is 0.477. The molecule has 2 heteroatoms. The number of phenolic OH excluding ortho intramolecular Hbond substituents is 2. The van der Waals surface area contributed by atoms with Crippen molar-refractivity contribution >= 4 is 0 Å². The predicted molar refractivity (Wildman–Crippen MR) is 76.2 cm³/mol. The summed E-state index contributed by atoms with van der Waals surface area (Å²) in [5.41, 5.74) is 1.96. The molecule has 2 nitrogen and oxygen atoms in total. The molecule has 0 aliphatic rings. The zero-order valence-corrected chi connectivity index (χ0v) is 11.7. The quantitative estimate of drug-likeness (QED) is 0.664. The molecule has 0 fully saturated rings. The van der Waals surface area contributed by atoms with E-state index in [2.05, 4.69) is 13.8 Å². The molecular weight excluding hydrogens is 224 g/mol. The third kappa shape index (κ3) is 4.59. The number of aromatic hydroxyl groups is 2. The Morgan fingerprint density at radius 3 is 1.56 bits per heavy atom. The molecule has 0 spiro atoms. The van der Waals surface area contributed by atoms with Gasteiger partial charge in [-0.3, -0.25) is 0 Å². The van der Waals surface area contributed by atoms with Gasteiger partial charge in [0.1, 0.15) is 11.5 Å². The topological polar surface area (TPSA) is 40.5 Å². The van der Waals surface area contributed by atoms with E-state index < -0.39 is 0 Å². The minimum atomic E-state index is 0.239. The SMILES string of the molecule is CCCCCc1cc(CCCCC)c(O)cc1O. The molecule has 1 aromatic carbocycles. The molecule has 102 valence electrons. The Balaban J connectivity index is 2.68. The van der Waals surface area contributed by atoms with Crippen molar-refractivity contribution in [1.82, 2.24) is 0 Å². The van der Waals surface area contributed by atoms with Crippen LogP contribution in [0.2, 0.25) is 0 Å². The van der Waals surface area contributed by atoms with Crippen LogP contribution in [0.1, 0.15) is 63.5 Å². The van der Waals surface area contributed by atoms with Crippen molar-refractivity contribution < 1.29 is 10.2 Å². The first-order valence-electron chi connectivity index (χ1n) is 7.22. The van der Waals surface area contributed by atoms with Gasteiger partial charge in [-0.2, -0.15) is 0 Å². The third-order valence-corrected chi connectivity index (χ3v) is 3.38. The summed E-state index contributed by atoms with van der Waals surface area (Å²) in [6.45, 7) is 4.35. The molecule has 0 aromatic heterocycles. The molecule has 2 N–H and O–H groups in total. The van der Waals surface area contributed by atoms with Gasteiger partial charge in [0.05, 0.1) is 0 Å². The van der Waals surface area contributed by atoms with E-state index in [-0.39, 0.29) is 11.5 Å². The van der Waals surface area contributed by atoms with Crippen LogP contribution in [-0.4, -0.2) is 10.2 Å². The highest BCUT2D eigenvalue weighted by Gasteiger charge is 2.08. The molecule has 0 saturated carbocycles. The molecule has 18 heavy (non-hydrogen) atoms. The van der Waals surface area contributed by atoms with Crippen LogP contribution in [0.4, 0.5) is 0 Å². The van der Waals surface area contributed by atoms with Crippen molar-refractivity contribution in [3.8, 4) is 11.5 Å². The summed E-state index contributed by atoms with van der Waals surface area (Å²) < 4.78 is 0. The third-order valence-electron chi connectivity index (χ3n) is 3.38. The normalized spacial score (nSPS) is 10.8. The first-order chi connectivity index (χ1) is 8.69. The Labute approximate surface area is 111 Å². The standard InChI is InChI=1S/C16H26O2/c1-3-5-7-9-13-11-14(10-8-6-4-2)16(18)12-15(13)17/h11-12,17-18H,3-10H2,1-2H3. The van der Waals surface area contributed by atoms with E-state index in [0.29, 0.717) is 0 Å². The molecule has 0 saturated heterocycles. The molecule has 0 bridgehead atoms. The van der Waals surface area contributed by atoms with Gasteiger partial charge in [-0.05, 0) is 42.9 Å². The van der Waals surface area contributed by atoms with E-state index in [1.165, 1.54) is 31.7 Å². The molecule has 0 aliphatic carbocycles. The Kier molecular flexibility index (Phi) is 6.63. The summed E-state index contributed by atoms with van der Waals surface area (Å²) in [7, 11) is 0. The Morgan fingerprint density at radius 1 is 0.722 bits per heavy atom. The Hall–Kier alpha value is -1.18. The zero-order chi connectivity index (χ0) is 13.4. The van der Waals surface area contributed by atoms with Gasteiger partial charge in [-0.25, -0.2) is 0 Å². The van der Waals surface area contributed by atoms with E-state index in [9.17, 15) is 10.2 Å². The van der Waals surface area contributed by atoms with Crippen LogP contribution in [0.15, 0.2) is 12.1 Å². The molecule has 0 heterocycles. The fourth-order valence-electron chi connectivity index (χ4n) is 2.20. The molecule has 1 rings (SSSR count). The lowest BCUT2D eigenvalue weighted by Crippen LogP contribution is -1.92. The van der Waals surface area contributed by atoms with Gasteiger partial charge < -0.3 is 10.2 Å². The van der Waals surface area contributed by atoms with Crippen LogP contribution in [-0.2, 0) is 12.8 Å². The predicted octanol–water partition coefficient (Wildman–Crippen LogP) is 4.56. The van der Waals surface area contributed by atoms with Crippen LogP contribution in [0.25, 0.3) is 0 Å². The van der Waals surface area contributed by atoms with Crippen LogP contribution in [0, 0.1) is 0 Å². The summed E-state index contributed by atoms with van der Waals surface area (Å²) in [4.78, 5) is 0. The molecule has 0 aliphatic heterocycles. The van der Waals surface area contributed by atoms with Crippen LogP contribution in [0.3, 0.4) is 0 Å². The summed E-state index contributed by atoms with van der Waals surface area (Å²) in [6.07, 6.45) is 8.75. The van der Waals surface area contributed by atoms with Crippen molar-refractivity contribution in [1.29, 1.82) is 0 Å². The van der Waals surface area contributed by atoms with Gasteiger partial charge in [0.2, 0.25) is 0 Å². The van der Waals surface area contributed by atoms with E-state index in [0.717, 1.165) is 36.8 Å². The largest absolute Gasteiger partial charge is 0.508 e. The number of aryl methyl sites for hydroxylation is 2. The van der Waals surface area contributed by atoms with Crippen molar-refractivity contribution in [2.24, 2.45) is 0 Å². The van der Waals surface area contributed by atoms with Crippen molar-refractivity contribution in [2.45, 2.75) is 65.2 Å². The lowest BCUT2D eigenvalue weighted by Gasteiger charge is -2.10. The maximum absolute atomic E-state index is 9.83. The number of rotatable bonds is 8.